The molecule has 1 aliphatic rings. The van der Waals surface area contributed by atoms with Gasteiger partial charge in [0.2, 0.25) is 0 Å². The Labute approximate surface area is 157 Å². The van der Waals surface area contributed by atoms with E-state index < -0.39 is 0 Å². The number of rotatable bonds is 4. The van der Waals surface area contributed by atoms with Crippen LogP contribution in [0.4, 0.5) is 10.7 Å². The second-order valence-corrected chi connectivity index (χ2v) is 7.73. The van der Waals surface area contributed by atoms with Gasteiger partial charge in [-0.2, -0.15) is 0 Å². The summed E-state index contributed by atoms with van der Waals surface area (Å²) in [6, 6.07) is 9.73. The van der Waals surface area contributed by atoms with Gasteiger partial charge in [-0.3, -0.25) is 0 Å². The number of hydrogen-bond donors (Lipinski definition) is 2. The van der Waals surface area contributed by atoms with E-state index in [0.717, 1.165) is 35.5 Å². The summed E-state index contributed by atoms with van der Waals surface area (Å²) in [6.07, 6.45) is 3.02. The molecule has 1 unspecified atom stereocenters. The average Bonchev–Trinajstić information content (AvgIpc) is 2.92. The highest BCUT2D eigenvalue weighted by molar-refractivity contribution is 7.80. The van der Waals surface area contributed by atoms with Gasteiger partial charge in [0.15, 0.2) is 5.11 Å². The number of nitrogens with one attached hydrogen (secondary N) is 2. The van der Waals surface area contributed by atoms with Crippen LogP contribution in [0.2, 0.25) is 0 Å². The highest BCUT2D eigenvalue weighted by Crippen LogP contribution is 2.40. The van der Waals surface area contributed by atoms with Crippen molar-refractivity contribution in [2.45, 2.75) is 33.1 Å². The fraction of sp³-hybridized carbons (Fsp3) is 0.368. The Morgan fingerprint density at radius 1 is 1.32 bits per heavy atom. The van der Waals surface area contributed by atoms with E-state index in [4.69, 9.17) is 17.0 Å². The Kier molecular flexibility index (Phi) is 5.71. The second-order valence-electron chi connectivity index (χ2n) is 6.22. The lowest BCUT2D eigenvalue weighted by Gasteiger charge is -2.18. The van der Waals surface area contributed by atoms with Gasteiger partial charge in [-0.15, -0.1) is 11.3 Å². The van der Waals surface area contributed by atoms with Gasteiger partial charge in [0, 0.05) is 10.6 Å². The third kappa shape index (κ3) is 4.19. The third-order valence-electron chi connectivity index (χ3n) is 4.25. The molecule has 3 rings (SSSR count). The maximum atomic E-state index is 12.5. The van der Waals surface area contributed by atoms with E-state index in [-0.39, 0.29) is 5.97 Å². The lowest BCUT2D eigenvalue weighted by molar-refractivity contribution is 0.0526. The van der Waals surface area contributed by atoms with Crippen LogP contribution in [0.15, 0.2) is 30.3 Å². The molecule has 6 heteroatoms. The largest absolute Gasteiger partial charge is 0.462 e. The van der Waals surface area contributed by atoms with Gasteiger partial charge in [0.25, 0.3) is 0 Å². The number of ether oxygens (including phenoxy) is 1. The van der Waals surface area contributed by atoms with Crippen molar-refractivity contribution < 1.29 is 9.53 Å². The van der Waals surface area contributed by atoms with E-state index in [2.05, 4.69) is 17.6 Å². The summed E-state index contributed by atoms with van der Waals surface area (Å²) in [5.41, 5.74) is 2.70. The molecule has 1 heterocycles. The number of benzene rings is 1. The first-order valence-corrected chi connectivity index (χ1v) is 9.75. The Balaban J connectivity index is 1.84. The topological polar surface area (TPSA) is 50.4 Å². The van der Waals surface area contributed by atoms with Gasteiger partial charge in [0.1, 0.15) is 5.00 Å². The standard InChI is InChI=1S/C19H22N2O2S2/c1-3-23-18(22)16-14-10-9-12(2)11-15(14)25-17(16)21-19(24)20-13-7-5-4-6-8-13/h4-8,12H,3,9-11H2,1-2H3,(H2,20,21,24). The van der Waals surface area contributed by atoms with Crippen LogP contribution in [0.5, 0.6) is 0 Å². The predicted molar refractivity (Wildman–Crippen MR) is 108 cm³/mol. The quantitative estimate of drug-likeness (QED) is 0.591. The monoisotopic (exact) mass is 374 g/mol. The maximum absolute atomic E-state index is 12.5. The summed E-state index contributed by atoms with van der Waals surface area (Å²) >= 11 is 7.04. The van der Waals surface area contributed by atoms with Crippen molar-refractivity contribution in [1.82, 2.24) is 0 Å². The van der Waals surface area contributed by atoms with Crippen molar-refractivity contribution in [3.63, 3.8) is 0 Å². The molecule has 0 amide bonds. The number of thiocarbonyl (C=S) groups is 1. The number of anilines is 2. The number of carbonyl (C=O) groups excluding carboxylic acids is 1. The van der Waals surface area contributed by atoms with E-state index in [1.54, 1.807) is 11.3 Å². The molecule has 0 aliphatic heterocycles. The van der Waals surface area contributed by atoms with Crippen LogP contribution in [0, 0.1) is 5.92 Å². The number of hydrogen-bond acceptors (Lipinski definition) is 4. The van der Waals surface area contributed by atoms with Crippen LogP contribution >= 0.6 is 23.6 Å². The normalized spacial score (nSPS) is 16.0. The van der Waals surface area contributed by atoms with Gasteiger partial charge in [-0.1, -0.05) is 25.1 Å². The molecule has 0 fully saturated rings. The van der Waals surface area contributed by atoms with Gasteiger partial charge < -0.3 is 15.4 Å². The van der Waals surface area contributed by atoms with Gasteiger partial charge in [-0.05, 0) is 62.0 Å². The van der Waals surface area contributed by atoms with E-state index in [1.807, 2.05) is 37.3 Å². The fourth-order valence-corrected chi connectivity index (χ4v) is 4.73. The molecule has 0 radical (unpaired) electrons. The van der Waals surface area contributed by atoms with Gasteiger partial charge >= 0.3 is 5.97 Å². The van der Waals surface area contributed by atoms with E-state index >= 15 is 0 Å². The van der Waals surface area contributed by atoms with Crippen LogP contribution in [-0.2, 0) is 17.6 Å². The third-order valence-corrected chi connectivity index (χ3v) is 5.62. The Hall–Kier alpha value is -1.92. The summed E-state index contributed by atoms with van der Waals surface area (Å²) in [5.74, 6) is 0.378. The first kappa shape index (κ1) is 17.9. The summed E-state index contributed by atoms with van der Waals surface area (Å²) in [4.78, 5) is 13.8. The van der Waals surface area contributed by atoms with Gasteiger partial charge in [0.05, 0.1) is 12.2 Å². The molecule has 2 aromatic rings. The fourth-order valence-electron chi connectivity index (χ4n) is 3.04. The number of thiophene rings is 1. The summed E-state index contributed by atoms with van der Waals surface area (Å²) in [5, 5.41) is 7.62. The molecule has 0 saturated heterocycles. The molecule has 1 aliphatic carbocycles. The second kappa shape index (κ2) is 7.97. The highest BCUT2D eigenvalue weighted by atomic mass is 32.1. The first-order valence-electron chi connectivity index (χ1n) is 8.53. The Morgan fingerprint density at radius 3 is 2.80 bits per heavy atom. The number of para-hydroxylation sites is 1. The number of esters is 1. The lowest BCUT2D eigenvalue weighted by atomic mass is 9.88. The van der Waals surface area contributed by atoms with Crippen LogP contribution in [0.1, 0.15) is 41.1 Å². The van der Waals surface area contributed by atoms with Crippen molar-refractivity contribution in [1.29, 1.82) is 0 Å². The zero-order valence-electron chi connectivity index (χ0n) is 14.4. The molecule has 1 aromatic carbocycles. The summed E-state index contributed by atoms with van der Waals surface area (Å²) < 4.78 is 5.28. The van der Waals surface area contributed by atoms with E-state index in [0.29, 0.717) is 23.2 Å². The average molecular weight is 375 g/mol. The number of carbonyl (C=O) groups is 1. The predicted octanol–water partition coefficient (Wildman–Crippen LogP) is 4.86. The molecule has 0 spiro atoms. The molecule has 2 N–H and O–H groups in total. The summed E-state index contributed by atoms with van der Waals surface area (Å²) in [7, 11) is 0. The molecule has 1 atom stereocenters. The molecule has 132 valence electrons. The van der Waals surface area contributed by atoms with Crippen LogP contribution in [0.25, 0.3) is 0 Å². The van der Waals surface area contributed by atoms with Crippen LogP contribution < -0.4 is 10.6 Å². The molecular formula is C19H22N2O2S2. The molecule has 25 heavy (non-hydrogen) atoms. The highest BCUT2D eigenvalue weighted by Gasteiger charge is 2.28. The van der Waals surface area contributed by atoms with Crippen molar-refractivity contribution in [2.75, 3.05) is 17.2 Å². The SMILES string of the molecule is CCOC(=O)c1c(NC(=S)Nc2ccccc2)sc2c1CCC(C)C2. The zero-order valence-corrected chi connectivity index (χ0v) is 16.1. The maximum Gasteiger partial charge on any atom is 0.341 e. The Morgan fingerprint density at radius 2 is 2.08 bits per heavy atom. The first-order chi connectivity index (χ1) is 12.1. The molecule has 0 bridgehead atoms. The van der Waals surface area contributed by atoms with Crippen LogP contribution in [-0.4, -0.2) is 17.7 Å². The van der Waals surface area contributed by atoms with Crippen molar-refractivity contribution in [3.05, 3.63) is 46.3 Å². The summed E-state index contributed by atoms with van der Waals surface area (Å²) in [6.45, 7) is 4.45. The minimum Gasteiger partial charge on any atom is -0.462 e. The molecule has 4 nitrogen and oxygen atoms in total. The smallest absolute Gasteiger partial charge is 0.341 e. The molecule has 1 aromatic heterocycles. The minimum absolute atomic E-state index is 0.264. The van der Waals surface area contributed by atoms with E-state index in [9.17, 15) is 4.79 Å². The van der Waals surface area contributed by atoms with Crippen molar-refractivity contribution in [3.8, 4) is 0 Å². The lowest BCUT2D eigenvalue weighted by Crippen LogP contribution is -2.20. The minimum atomic E-state index is -0.264. The molecular weight excluding hydrogens is 352 g/mol. The van der Waals surface area contributed by atoms with Crippen molar-refractivity contribution >= 4 is 45.3 Å². The zero-order chi connectivity index (χ0) is 17.8. The van der Waals surface area contributed by atoms with E-state index in [1.165, 1.54) is 4.88 Å². The van der Waals surface area contributed by atoms with Crippen molar-refractivity contribution in [2.24, 2.45) is 5.92 Å². The van der Waals surface area contributed by atoms with Crippen LogP contribution in [0.3, 0.4) is 0 Å². The molecule has 0 saturated carbocycles. The van der Waals surface area contributed by atoms with Gasteiger partial charge in [-0.25, -0.2) is 4.79 Å². The Bertz CT molecular complexity index is 771. The number of fused-ring (bicyclic) bond motifs is 1.